The number of aromatic amines is 1. The molecular formula is C25H24N8O3S. The van der Waals surface area contributed by atoms with Gasteiger partial charge in [-0.3, -0.25) is 14.9 Å². The molecule has 0 unspecified atom stereocenters. The number of aliphatic hydroxyl groups is 1. The molecular weight excluding hydrogens is 492 g/mol. The predicted molar refractivity (Wildman–Crippen MR) is 141 cm³/mol. The minimum Gasteiger partial charge on any atom is -0.389 e. The van der Waals surface area contributed by atoms with E-state index in [0.29, 0.717) is 38.3 Å². The largest absolute Gasteiger partial charge is 0.389 e. The van der Waals surface area contributed by atoms with Gasteiger partial charge in [0.1, 0.15) is 0 Å². The van der Waals surface area contributed by atoms with Gasteiger partial charge in [-0.15, -0.1) is 21.5 Å². The normalized spacial score (nSPS) is 11.5. The first-order chi connectivity index (χ1) is 17.8. The van der Waals surface area contributed by atoms with Crippen molar-refractivity contribution >= 4 is 45.7 Å². The second kappa shape index (κ2) is 9.91. The molecule has 1 amide bonds. The van der Waals surface area contributed by atoms with Crippen LogP contribution in [0, 0.1) is 0 Å². The fourth-order valence-corrected chi connectivity index (χ4v) is 4.63. The summed E-state index contributed by atoms with van der Waals surface area (Å²) in [5, 5.41) is 30.3. The summed E-state index contributed by atoms with van der Waals surface area (Å²) < 4.78 is 1.76. The molecule has 0 bridgehead atoms. The molecule has 3 heterocycles. The summed E-state index contributed by atoms with van der Waals surface area (Å²) in [6.07, 6.45) is 0. The summed E-state index contributed by atoms with van der Waals surface area (Å²) in [4.78, 5) is 31.3. The van der Waals surface area contributed by atoms with Crippen molar-refractivity contribution < 1.29 is 14.7 Å². The summed E-state index contributed by atoms with van der Waals surface area (Å²) in [5.41, 5.74) is 1.63. The zero-order valence-corrected chi connectivity index (χ0v) is 20.9. The van der Waals surface area contributed by atoms with Crippen molar-refractivity contribution in [1.29, 1.82) is 0 Å². The smallest absolute Gasteiger partial charge is 0.268 e. The molecule has 0 aliphatic carbocycles. The zero-order chi connectivity index (χ0) is 26.0. The monoisotopic (exact) mass is 516 g/mol. The number of thiophene rings is 1. The molecule has 11 nitrogen and oxygen atoms in total. The third-order valence-electron chi connectivity index (χ3n) is 5.46. The van der Waals surface area contributed by atoms with Crippen LogP contribution in [-0.2, 0) is 6.54 Å². The molecule has 0 aliphatic rings. The molecule has 0 atom stereocenters. The predicted octanol–water partition coefficient (Wildman–Crippen LogP) is 3.60. The van der Waals surface area contributed by atoms with E-state index < -0.39 is 5.60 Å². The van der Waals surface area contributed by atoms with Gasteiger partial charge in [-0.05, 0) is 49.4 Å². The highest BCUT2D eigenvalue weighted by atomic mass is 32.1. The Morgan fingerprint density at radius 3 is 2.65 bits per heavy atom. The lowest BCUT2D eigenvalue weighted by Gasteiger charge is -2.20. The summed E-state index contributed by atoms with van der Waals surface area (Å²) in [6.45, 7) is 3.71. The molecule has 4 N–H and O–H groups in total. The average molecular weight is 517 g/mol. The Bertz CT molecular complexity index is 1550. The number of amides is 1. The average Bonchev–Trinajstić information content (AvgIpc) is 3.63. The quantitative estimate of drug-likeness (QED) is 0.217. The zero-order valence-electron chi connectivity index (χ0n) is 20.1. The van der Waals surface area contributed by atoms with Gasteiger partial charge in [0.25, 0.3) is 5.91 Å². The second-order valence-corrected chi connectivity index (χ2v) is 10.1. The van der Waals surface area contributed by atoms with Crippen LogP contribution >= 0.6 is 11.3 Å². The molecule has 0 spiro atoms. The maximum Gasteiger partial charge on any atom is 0.268 e. The first-order valence-corrected chi connectivity index (χ1v) is 12.3. The van der Waals surface area contributed by atoms with Crippen LogP contribution in [-0.4, -0.2) is 59.1 Å². The van der Waals surface area contributed by atoms with Crippen molar-refractivity contribution in [1.82, 2.24) is 30.2 Å². The molecule has 2 aromatic carbocycles. The van der Waals surface area contributed by atoms with E-state index in [1.807, 2.05) is 36.4 Å². The Hall–Kier alpha value is -4.42. The summed E-state index contributed by atoms with van der Waals surface area (Å²) in [5.74, 6) is 0.328. The van der Waals surface area contributed by atoms with E-state index in [2.05, 4.69) is 36.2 Å². The van der Waals surface area contributed by atoms with Crippen LogP contribution in [0.4, 0.5) is 11.6 Å². The van der Waals surface area contributed by atoms with Gasteiger partial charge in [-0.25, -0.2) is 4.98 Å². The molecule has 0 fully saturated rings. The number of carbonyl (C=O) groups excluding carboxylic acids is 2. The summed E-state index contributed by atoms with van der Waals surface area (Å²) in [7, 11) is 0. The number of anilines is 2. The lowest BCUT2D eigenvalue weighted by molar-refractivity contribution is 0.0630. The third-order valence-corrected chi connectivity index (χ3v) is 6.54. The van der Waals surface area contributed by atoms with Gasteiger partial charge in [0, 0.05) is 11.3 Å². The van der Waals surface area contributed by atoms with E-state index >= 15 is 0 Å². The highest BCUT2D eigenvalue weighted by Gasteiger charge is 2.22. The van der Waals surface area contributed by atoms with Gasteiger partial charge in [0.05, 0.1) is 39.5 Å². The number of nitrogens with zero attached hydrogens (tertiary/aromatic N) is 5. The number of hydrogen-bond acceptors (Lipinski definition) is 9. The van der Waals surface area contributed by atoms with E-state index in [1.165, 1.54) is 11.3 Å². The van der Waals surface area contributed by atoms with Crippen LogP contribution in [0.15, 0.2) is 60.7 Å². The molecule has 188 valence electrons. The van der Waals surface area contributed by atoms with Gasteiger partial charge in [0.2, 0.25) is 11.8 Å². The van der Waals surface area contributed by atoms with Crippen molar-refractivity contribution in [2.45, 2.75) is 26.0 Å². The molecule has 5 aromatic rings. The second-order valence-electron chi connectivity index (χ2n) is 9.03. The highest BCUT2D eigenvalue weighted by molar-refractivity contribution is 7.17. The van der Waals surface area contributed by atoms with Crippen molar-refractivity contribution in [2.24, 2.45) is 0 Å². The number of fused-ring (bicyclic) bond motifs is 1. The molecule has 0 saturated carbocycles. The van der Waals surface area contributed by atoms with E-state index in [4.69, 9.17) is 0 Å². The number of nitrogens with one attached hydrogen (secondary N) is 3. The van der Waals surface area contributed by atoms with Crippen LogP contribution in [0.1, 0.15) is 33.9 Å². The lowest BCUT2D eigenvalue weighted by atomic mass is 10.1. The molecule has 0 aliphatic heterocycles. The molecule has 12 heteroatoms. The summed E-state index contributed by atoms with van der Waals surface area (Å²) >= 11 is 1.23. The Labute approximate surface area is 215 Å². The molecule has 3 aromatic heterocycles. The van der Waals surface area contributed by atoms with Gasteiger partial charge in [-0.2, -0.15) is 5.21 Å². The Kier molecular flexibility index (Phi) is 6.51. The van der Waals surface area contributed by atoms with Gasteiger partial charge in [0.15, 0.2) is 5.78 Å². The first kappa shape index (κ1) is 24.3. The number of hydrogen-bond donors (Lipinski definition) is 4. The van der Waals surface area contributed by atoms with E-state index in [0.717, 1.165) is 5.52 Å². The van der Waals surface area contributed by atoms with Gasteiger partial charge in [-0.1, -0.05) is 30.3 Å². The van der Waals surface area contributed by atoms with Crippen molar-refractivity contribution in [3.05, 3.63) is 71.1 Å². The van der Waals surface area contributed by atoms with E-state index in [9.17, 15) is 14.7 Å². The topological polar surface area (TPSA) is 151 Å². The highest BCUT2D eigenvalue weighted by Crippen LogP contribution is 2.28. The van der Waals surface area contributed by atoms with E-state index in [-0.39, 0.29) is 24.8 Å². The van der Waals surface area contributed by atoms with Crippen LogP contribution in [0.3, 0.4) is 0 Å². The number of carbonyl (C=O) groups is 2. The van der Waals surface area contributed by atoms with Crippen molar-refractivity contribution in [3.8, 4) is 10.7 Å². The Morgan fingerprint density at radius 2 is 1.92 bits per heavy atom. The first-order valence-electron chi connectivity index (χ1n) is 11.5. The van der Waals surface area contributed by atoms with Crippen LogP contribution < -0.4 is 10.6 Å². The molecule has 0 radical (unpaired) electrons. The number of Topliss-reactive ketones (excluding diaryl/α,β-unsaturated/α-hetero) is 1. The molecule has 37 heavy (non-hydrogen) atoms. The summed E-state index contributed by atoms with van der Waals surface area (Å²) in [6, 6.07) is 18.0. The number of imidazole rings is 1. The van der Waals surface area contributed by atoms with Gasteiger partial charge < -0.3 is 15.0 Å². The molecule has 5 rings (SSSR count). The number of aromatic nitrogens is 6. The SMILES string of the molecule is CC(C)(O)Cn1c(NC(=O)c2ccc(-c3nn[nH]n3)s2)nc2cc(NCC(=O)c3ccccc3)ccc21. The number of ketones is 1. The standard InChI is InChI=1S/C25H24N8O3S/c1-25(2,36)14-33-18-9-8-16(26-13-19(34)15-6-4-3-5-7-15)12-17(18)27-24(33)28-23(35)21-11-10-20(37-21)22-29-31-32-30-22/h3-12,26,36H,13-14H2,1-2H3,(H,27,28,35)(H,29,30,31,32). The number of benzene rings is 2. The molecule has 0 saturated heterocycles. The number of tetrazole rings is 1. The van der Waals surface area contributed by atoms with Crippen LogP contribution in [0.2, 0.25) is 0 Å². The maximum absolute atomic E-state index is 13.0. The number of rotatable bonds is 9. The Balaban J connectivity index is 1.39. The minimum atomic E-state index is -1.05. The van der Waals surface area contributed by atoms with Gasteiger partial charge >= 0.3 is 0 Å². The number of H-pyrrole nitrogens is 1. The van der Waals surface area contributed by atoms with Crippen molar-refractivity contribution in [3.63, 3.8) is 0 Å². The fraction of sp³-hybridized carbons (Fsp3) is 0.200. The fourth-order valence-electron chi connectivity index (χ4n) is 3.80. The third kappa shape index (κ3) is 5.55. The Morgan fingerprint density at radius 1 is 1.11 bits per heavy atom. The maximum atomic E-state index is 13.0. The van der Waals surface area contributed by atoms with E-state index in [1.54, 1.807) is 42.7 Å². The minimum absolute atomic E-state index is 0.0302. The van der Waals surface area contributed by atoms with Crippen molar-refractivity contribution in [2.75, 3.05) is 17.2 Å². The lowest BCUT2D eigenvalue weighted by Crippen LogP contribution is -2.27. The van der Waals surface area contributed by atoms with Crippen LogP contribution in [0.5, 0.6) is 0 Å². The van der Waals surface area contributed by atoms with Crippen LogP contribution in [0.25, 0.3) is 21.7 Å².